The van der Waals surface area contributed by atoms with Crippen LogP contribution in [-0.2, 0) is 0 Å². The number of fused-ring (bicyclic) bond motifs is 1. The van der Waals surface area contributed by atoms with Crippen LogP contribution in [0.2, 0.25) is 0 Å². The van der Waals surface area contributed by atoms with Crippen LogP contribution in [0.15, 0.2) is 11.6 Å². The number of aromatic nitrogens is 2. The van der Waals surface area contributed by atoms with E-state index in [-0.39, 0.29) is 28.6 Å². The quantitative estimate of drug-likeness (QED) is 0.628. The summed E-state index contributed by atoms with van der Waals surface area (Å²) in [6, 6.07) is 0.147. The maximum absolute atomic E-state index is 11.5. The fourth-order valence-corrected chi connectivity index (χ4v) is 3.54. The van der Waals surface area contributed by atoms with Crippen LogP contribution in [0.1, 0.15) is 45.7 Å². The van der Waals surface area contributed by atoms with Gasteiger partial charge in [-0.1, -0.05) is 32.1 Å². The molecule has 1 N–H and O–H groups in total. The summed E-state index contributed by atoms with van der Waals surface area (Å²) >= 11 is 1.43. The fraction of sp³-hybridized carbons (Fsp3) is 0.643. The Hall–Kier alpha value is -1.47. The Kier molecular flexibility index (Phi) is 4.95. The molecule has 0 spiro atoms. The van der Waals surface area contributed by atoms with Crippen LogP contribution in [0.4, 0.5) is 5.82 Å². The van der Waals surface area contributed by atoms with Crippen molar-refractivity contribution in [3.63, 3.8) is 0 Å². The van der Waals surface area contributed by atoms with Gasteiger partial charge in [0.1, 0.15) is 11.9 Å². The molecule has 2 unspecified atom stereocenters. The third-order valence-corrected chi connectivity index (χ3v) is 4.48. The molecule has 0 aliphatic heterocycles. The molecule has 0 radical (unpaired) electrons. The summed E-state index contributed by atoms with van der Waals surface area (Å²) in [5, 5.41) is 16.8. The molecule has 116 valence electrons. The maximum Gasteiger partial charge on any atom is 0.352 e. The summed E-state index contributed by atoms with van der Waals surface area (Å²) < 4.78 is 1.59. The van der Waals surface area contributed by atoms with Gasteiger partial charge in [0.15, 0.2) is 0 Å². The summed E-state index contributed by atoms with van der Waals surface area (Å²) in [6.07, 6.45) is 2.76. The van der Waals surface area contributed by atoms with Crippen LogP contribution in [0.5, 0.6) is 0 Å². The van der Waals surface area contributed by atoms with E-state index in [2.05, 4.69) is 38.0 Å². The van der Waals surface area contributed by atoms with E-state index >= 15 is 0 Å². The molecule has 6 nitrogen and oxygen atoms in total. The predicted molar refractivity (Wildman–Crippen MR) is 85.1 cm³/mol. The molecular weight excluding hydrogens is 288 g/mol. The number of nitrogens with zero attached hydrogens (tertiary/aromatic N) is 3. The van der Waals surface area contributed by atoms with E-state index in [0.29, 0.717) is 10.7 Å². The lowest BCUT2D eigenvalue weighted by molar-refractivity contribution is -0.391. The Morgan fingerprint density at radius 1 is 1.48 bits per heavy atom. The van der Waals surface area contributed by atoms with Gasteiger partial charge in [0.2, 0.25) is 0 Å². The minimum Gasteiger partial charge on any atom is -0.358 e. The van der Waals surface area contributed by atoms with Gasteiger partial charge in [0.05, 0.1) is 0 Å². The van der Waals surface area contributed by atoms with E-state index in [1.54, 1.807) is 10.6 Å². The highest BCUT2D eigenvalue weighted by molar-refractivity contribution is 7.15. The first-order valence-corrected chi connectivity index (χ1v) is 8.18. The van der Waals surface area contributed by atoms with Crippen LogP contribution in [0.3, 0.4) is 0 Å². The first kappa shape index (κ1) is 15.9. The second kappa shape index (κ2) is 6.53. The number of rotatable bonds is 7. The highest BCUT2D eigenvalue weighted by Crippen LogP contribution is 2.35. The van der Waals surface area contributed by atoms with Crippen molar-refractivity contribution < 1.29 is 4.92 Å². The summed E-state index contributed by atoms with van der Waals surface area (Å²) in [5.74, 6) is 0.395. The van der Waals surface area contributed by atoms with Crippen molar-refractivity contribution in [2.45, 2.75) is 46.1 Å². The molecule has 0 bridgehead atoms. The average molecular weight is 310 g/mol. The van der Waals surface area contributed by atoms with E-state index in [1.807, 2.05) is 5.38 Å². The molecule has 0 aliphatic carbocycles. The SMILES string of the molecule is CCCNC(C)C(c1nc2sccn2c1[N+](=O)[O-])C(C)C. The summed E-state index contributed by atoms with van der Waals surface area (Å²) in [7, 11) is 0. The molecular formula is C14H22N4O2S. The normalized spacial score (nSPS) is 14.7. The maximum atomic E-state index is 11.5. The molecule has 2 heterocycles. The van der Waals surface area contributed by atoms with Crippen molar-refractivity contribution in [2.75, 3.05) is 6.54 Å². The van der Waals surface area contributed by atoms with Crippen molar-refractivity contribution in [2.24, 2.45) is 5.92 Å². The highest BCUT2D eigenvalue weighted by atomic mass is 32.1. The third kappa shape index (κ3) is 3.08. The number of nitrogens with one attached hydrogen (secondary N) is 1. The minimum absolute atomic E-state index is 0.0176. The summed E-state index contributed by atoms with van der Waals surface area (Å²) in [6.45, 7) is 9.27. The van der Waals surface area contributed by atoms with Crippen molar-refractivity contribution in [3.8, 4) is 0 Å². The molecule has 0 aliphatic rings. The number of hydrogen-bond donors (Lipinski definition) is 1. The lowest BCUT2D eigenvalue weighted by Gasteiger charge is -2.26. The Morgan fingerprint density at radius 3 is 2.76 bits per heavy atom. The molecule has 0 saturated carbocycles. The highest BCUT2D eigenvalue weighted by Gasteiger charge is 2.34. The van der Waals surface area contributed by atoms with Crippen LogP contribution in [0.25, 0.3) is 4.96 Å². The Balaban J connectivity index is 2.47. The largest absolute Gasteiger partial charge is 0.358 e. The minimum atomic E-state index is -0.316. The van der Waals surface area contributed by atoms with Crippen molar-refractivity contribution >= 4 is 22.1 Å². The number of nitro groups is 1. The zero-order valence-electron chi connectivity index (χ0n) is 12.9. The molecule has 0 fully saturated rings. The van der Waals surface area contributed by atoms with Crippen LogP contribution >= 0.6 is 11.3 Å². The van der Waals surface area contributed by atoms with Crippen LogP contribution in [-0.4, -0.2) is 26.9 Å². The summed E-state index contributed by atoms with van der Waals surface area (Å²) in [5.41, 5.74) is 0.595. The Morgan fingerprint density at radius 2 is 2.19 bits per heavy atom. The van der Waals surface area contributed by atoms with Crippen LogP contribution < -0.4 is 5.32 Å². The van der Waals surface area contributed by atoms with Gasteiger partial charge in [-0.15, -0.1) is 0 Å². The van der Waals surface area contributed by atoms with Crippen molar-refractivity contribution in [1.29, 1.82) is 0 Å². The Bertz CT molecular complexity index is 620. The monoisotopic (exact) mass is 310 g/mol. The smallest absolute Gasteiger partial charge is 0.352 e. The van der Waals surface area contributed by atoms with Crippen molar-refractivity contribution in [3.05, 3.63) is 27.4 Å². The van der Waals surface area contributed by atoms with Gasteiger partial charge in [-0.2, -0.15) is 9.38 Å². The zero-order chi connectivity index (χ0) is 15.6. The van der Waals surface area contributed by atoms with Gasteiger partial charge >= 0.3 is 5.82 Å². The zero-order valence-corrected chi connectivity index (χ0v) is 13.7. The topological polar surface area (TPSA) is 72.5 Å². The third-order valence-electron chi connectivity index (χ3n) is 3.72. The molecule has 7 heteroatoms. The molecule has 0 aromatic carbocycles. The molecule has 2 rings (SSSR count). The number of thiazole rings is 1. The molecule has 2 aromatic heterocycles. The van der Waals surface area contributed by atoms with Gasteiger partial charge in [-0.05, 0) is 30.7 Å². The van der Waals surface area contributed by atoms with E-state index in [1.165, 1.54) is 11.3 Å². The first-order chi connectivity index (χ1) is 9.97. The summed E-state index contributed by atoms with van der Waals surface area (Å²) in [4.78, 5) is 16.4. The van der Waals surface area contributed by atoms with E-state index in [9.17, 15) is 10.1 Å². The molecule has 21 heavy (non-hydrogen) atoms. The van der Waals surface area contributed by atoms with Crippen LogP contribution in [0, 0.1) is 16.0 Å². The Labute approximate surface area is 128 Å². The molecule has 2 aromatic rings. The number of hydrogen-bond acceptors (Lipinski definition) is 5. The van der Waals surface area contributed by atoms with E-state index < -0.39 is 0 Å². The lowest BCUT2D eigenvalue weighted by Crippen LogP contribution is -2.35. The standard InChI is InChI=1S/C14H22N4O2S/c1-5-6-15-10(4)11(9(2)3)12-13(18(19)20)17-7-8-21-14(17)16-12/h7-11,15H,5-6H2,1-4H3. The lowest BCUT2D eigenvalue weighted by atomic mass is 9.86. The molecule has 0 saturated heterocycles. The average Bonchev–Trinajstić information content (AvgIpc) is 2.95. The van der Waals surface area contributed by atoms with E-state index in [0.717, 1.165) is 13.0 Å². The van der Waals surface area contributed by atoms with Gasteiger partial charge < -0.3 is 15.4 Å². The molecule has 2 atom stereocenters. The second-order valence-electron chi connectivity index (χ2n) is 5.65. The second-order valence-corrected chi connectivity index (χ2v) is 6.52. The van der Waals surface area contributed by atoms with Gasteiger partial charge in [-0.3, -0.25) is 0 Å². The van der Waals surface area contributed by atoms with Gasteiger partial charge in [0, 0.05) is 17.3 Å². The molecule has 0 amide bonds. The van der Waals surface area contributed by atoms with Crippen molar-refractivity contribution in [1.82, 2.24) is 14.7 Å². The van der Waals surface area contributed by atoms with E-state index in [4.69, 9.17) is 0 Å². The fourth-order valence-electron chi connectivity index (χ4n) is 2.82. The number of imidazole rings is 1. The van der Waals surface area contributed by atoms with Gasteiger partial charge in [0.25, 0.3) is 4.96 Å². The predicted octanol–water partition coefficient (Wildman–Crippen LogP) is 3.43. The van der Waals surface area contributed by atoms with Gasteiger partial charge in [-0.25, -0.2) is 0 Å². The first-order valence-electron chi connectivity index (χ1n) is 7.30.